The minimum Gasteiger partial charge on any atom is -0.495 e. The fourth-order valence-corrected chi connectivity index (χ4v) is 1.87. The summed E-state index contributed by atoms with van der Waals surface area (Å²) in [6.45, 7) is 0. The number of pyridine rings is 1. The van der Waals surface area contributed by atoms with E-state index >= 15 is 0 Å². The molecule has 1 aromatic rings. The highest BCUT2D eigenvalue weighted by molar-refractivity contribution is 8.13. The standard InChI is InChI=1S/C7H5Cl2F2NO3S/c1-15-3-2-4(16(9,13)14)12-6(5(3)8)7(10)11/h2,7H,1H3. The topological polar surface area (TPSA) is 56.3 Å². The van der Waals surface area contributed by atoms with Crippen molar-refractivity contribution >= 4 is 31.3 Å². The zero-order valence-corrected chi connectivity index (χ0v) is 10.1. The summed E-state index contributed by atoms with van der Waals surface area (Å²) in [5, 5.41) is -1.17. The van der Waals surface area contributed by atoms with Crippen LogP contribution < -0.4 is 4.74 Å². The second-order valence-electron chi connectivity index (χ2n) is 2.60. The molecule has 0 saturated carbocycles. The van der Waals surface area contributed by atoms with E-state index in [-0.39, 0.29) is 5.75 Å². The quantitative estimate of drug-likeness (QED) is 0.803. The molecule has 0 aliphatic rings. The van der Waals surface area contributed by atoms with Crippen LogP contribution in [0.25, 0.3) is 0 Å². The first kappa shape index (κ1) is 13.4. The van der Waals surface area contributed by atoms with Gasteiger partial charge in [-0.3, -0.25) is 0 Å². The first-order chi connectivity index (χ1) is 7.27. The summed E-state index contributed by atoms with van der Waals surface area (Å²) in [7, 11) is 1.92. The van der Waals surface area contributed by atoms with Gasteiger partial charge in [0.2, 0.25) is 0 Å². The van der Waals surface area contributed by atoms with Crippen molar-refractivity contribution < 1.29 is 21.9 Å². The molecule has 4 nitrogen and oxygen atoms in total. The number of aromatic nitrogens is 1. The largest absolute Gasteiger partial charge is 0.495 e. The van der Waals surface area contributed by atoms with Crippen molar-refractivity contribution in [3.05, 3.63) is 16.8 Å². The van der Waals surface area contributed by atoms with E-state index in [1.165, 1.54) is 0 Å². The maximum absolute atomic E-state index is 12.5. The lowest BCUT2D eigenvalue weighted by molar-refractivity contribution is 0.145. The van der Waals surface area contributed by atoms with Crippen molar-refractivity contribution in [2.24, 2.45) is 0 Å². The summed E-state index contributed by atoms with van der Waals surface area (Å²) >= 11 is 5.52. The molecule has 16 heavy (non-hydrogen) atoms. The molecule has 0 unspecified atom stereocenters. The van der Waals surface area contributed by atoms with Gasteiger partial charge in [-0.25, -0.2) is 22.2 Å². The molecule has 1 rings (SSSR count). The van der Waals surface area contributed by atoms with Crippen LogP contribution in [0.4, 0.5) is 8.78 Å². The van der Waals surface area contributed by atoms with Crippen molar-refractivity contribution in [3.8, 4) is 5.75 Å². The highest BCUT2D eigenvalue weighted by Crippen LogP contribution is 2.35. The zero-order chi connectivity index (χ0) is 12.5. The van der Waals surface area contributed by atoms with Crippen molar-refractivity contribution in [2.75, 3.05) is 7.11 Å². The predicted octanol–water partition coefficient (Wildman–Crippen LogP) is 2.61. The van der Waals surface area contributed by atoms with E-state index in [2.05, 4.69) is 9.72 Å². The molecule has 0 spiro atoms. The second kappa shape index (κ2) is 4.68. The predicted molar refractivity (Wildman–Crippen MR) is 53.8 cm³/mol. The monoisotopic (exact) mass is 291 g/mol. The average molecular weight is 292 g/mol. The molecule has 9 heteroatoms. The van der Waals surface area contributed by atoms with E-state index in [1.54, 1.807) is 0 Å². The SMILES string of the molecule is COc1cc(S(=O)(=O)Cl)nc(C(F)F)c1Cl. The van der Waals surface area contributed by atoms with Gasteiger partial charge in [0.05, 0.1) is 7.11 Å². The Labute approximate surface area is 99.6 Å². The van der Waals surface area contributed by atoms with Crippen LogP contribution in [0.5, 0.6) is 5.75 Å². The molecule has 0 saturated heterocycles. The van der Waals surface area contributed by atoms with Gasteiger partial charge in [0, 0.05) is 16.7 Å². The minimum absolute atomic E-state index is 0.230. The minimum atomic E-state index is -4.22. The highest BCUT2D eigenvalue weighted by Gasteiger charge is 2.23. The van der Waals surface area contributed by atoms with E-state index in [0.29, 0.717) is 0 Å². The van der Waals surface area contributed by atoms with Crippen molar-refractivity contribution in [2.45, 2.75) is 11.5 Å². The Morgan fingerprint density at radius 1 is 1.50 bits per heavy atom. The summed E-state index contributed by atoms with van der Waals surface area (Å²) < 4.78 is 51.5. The van der Waals surface area contributed by atoms with Crippen LogP contribution in [0.2, 0.25) is 5.02 Å². The van der Waals surface area contributed by atoms with E-state index in [1.807, 2.05) is 0 Å². The molecule has 0 amide bonds. The molecule has 90 valence electrons. The Hall–Kier alpha value is -0.660. The summed E-state index contributed by atoms with van der Waals surface area (Å²) in [5.41, 5.74) is -0.889. The van der Waals surface area contributed by atoms with Crippen LogP contribution in [-0.2, 0) is 9.05 Å². The molecule has 0 radical (unpaired) electrons. The molecule has 0 aromatic carbocycles. The number of rotatable bonds is 3. The van der Waals surface area contributed by atoms with Crippen LogP contribution in [0.3, 0.4) is 0 Å². The van der Waals surface area contributed by atoms with Gasteiger partial charge in [-0.05, 0) is 0 Å². The summed E-state index contributed by atoms with van der Waals surface area (Å²) in [4.78, 5) is 3.17. The van der Waals surface area contributed by atoms with Gasteiger partial charge in [-0.2, -0.15) is 0 Å². The second-order valence-corrected chi connectivity index (χ2v) is 5.49. The number of nitrogens with zero attached hydrogens (tertiary/aromatic N) is 1. The van der Waals surface area contributed by atoms with Gasteiger partial charge < -0.3 is 4.74 Å². The van der Waals surface area contributed by atoms with Gasteiger partial charge in [-0.1, -0.05) is 11.6 Å². The van der Waals surface area contributed by atoms with Gasteiger partial charge in [0.1, 0.15) is 16.5 Å². The normalized spacial score (nSPS) is 11.9. The summed E-state index contributed by atoms with van der Waals surface area (Å²) in [5.74, 6) is -0.230. The Morgan fingerprint density at radius 3 is 2.44 bits per heavy atom. The van der Waals surface area contributed by atoms with Gasteiger partial charge >= 0.3 is 0 Å². The summed E-state index contributed by atoms with van der Waals surface area (Å²) in [6.07, 6.45) is -3.03. The number of hydrogen-bond acceptors (Lipinski definition) is 4. The number of methoxy groups -OCH3 is 1. The van der Waals surface area contributed by atoms with Gasteiger partial charge in [0.25, 0.3) is 15.5 Å². The first-order valence-electron chi connectivity index (χ1n) is 3.74. The molecule has 1 heterocycles. The first-order valence-corrected chi connectivity index (χ1v) is 6.43. The Bertz CT molecular complexity index is 507. The van der Waals surface area contributed by atoms with Crippen LogP contribution >= 0.6 is 22.3 Å². The lowest BCUT2D eigenvalue weighted by Gasteiger charge is -2.08. The molecular weight excluding hydrogens is 287 g/mol. The third-order valence-corrected chi connectivity index (χ3v) is 3.17. The smallest absolute Gasteiger partial charge is 0.282 e. The lowest BCUT2D eigenvalue weighted by Crippen LogP contribution is -2.02. The zero-order valence-electron chi connectivity index (χ0n) is 7.75. The molecule has 0 N–H and O–H groups in total. The number of alkyl halides is 2. The molecule has 0 atom stereocenters. The molecule has 0 aliphatic heterocycles. The average Bonchev–Trinajstić information content (AvgIpc) is 2.15. The Balaban J connectivity index is 3.53. The molecule has 0 bridgehead atoms. The Kier molecular flexibility index (Phi) is 3.92. The number of ether oxygens (including phenoxy) is 1. The van der Waals surface area contributed by atoms with Crippen molar-refractivity contribution in [1.82, 2.24) is 4.98 Å². The van der Waals surface area contributed by atoms with Crippen LogP contribution in [-0.4, -0.2) is 20.5 Å². The van der Waals surface area contributed by atoms with Gasteiger partial charge in [0.15, 0.2) is 5.03 Å². The summed E-state index contributed by atoms with van der Waals surface area (Å²) in [6, 6.07) is 0.872. The molecular formula is C7H5Cl2F2NO3S. The van der Waals surface area contributed by atoms with E-state index in [0.717, 1.165) is 13.2 Å². The maximum Gasteiger partial charge on any atom is 0.282 e. The third kappa shape index (κ3) is 2.72. The fourth-order valence-electron chi connectivity index (χ4n) is 0.920. The highest BCUT2D eigenvalue weighted by atomic mass is 35.7. The lowest BCUT2D eigenvalue weighted by atomic mass is 10.3. The number of hydrogen-bond donors (Lipinski definition) is 0. The molecule has 1 aromatic heterocycles. The van der Waals surface area contributed by atoms with Crippen molar-refractivity contribution in [3.63, 3.8) is 0 Å². The van der Waals surface area contributed by atoms with E-state index in [4.69, 9.17) is 22.3 Å². The number of halogens is 4. The molecule has 0 aliphatic carbocycles. The van der Waals surface area contributed by atoms with Crippen LogP contribution in [0.15, 0.2) is 11.1 Å². The van der Waals surface area contributed by atoms with Crippen LogP contribution in [0, 0.1) is 0 Å². The third-order valence-electron chi connectivity index (χ3n) is 1.60. The Morgan fingerprint density at radius 2 is 2.06 bits per heavy atom. The van der Waals surface area contributed by atoms with Gasteiger partial charge in [-0.15, -0.1) is 0 Å². The molecule has 0 fully saturated rings. The van der Waals surface area contributed by atoms with Crippen molar-refractivity contribution in [1.29, 1.82) is 0 Å². The maximum atomic E-state index is 12.5. The van der Waals surface area contributed by atoms with Crippen LogP contribution in [0.1, 0.15) is 12.1 Å². The van der Waals surface area contributed by atoms with E-state index in [9.17, 15) is 17.2 Å². The fraction of sp³-hybridized carbons (Fsp3) is 0.286. The van der Waals surface area contributed by atoms with E-state index < -0.39 is 31.2 Å².